The Hall–Kier alpha value is -1.12. The molecule has 0 unspecified atom stereocenters. The SMILES string of the molecule is CNc1cc(C2CCCC2)nc(C(C)C)n1. The molecule has 3 nitrogen and oxygen atoms in total. The van der Waals surface area contributed by atoms with Crippen LogP contribution >= 0.6 is 0 Å². The molecule has 2 rings (SSSR count). The molecule has 1 saturated carbocycles. The predicted octanol–water partition coefficient (Wildman–Crippen LogP) is 3.30. The van der Waals surface area contributed by atoms with E-state index in [4.69, 9.17) is 4.98 Å². The van der Waals surface area contributed by atoms with Crippen molar-refractivity contribution >= 4 is 5.82 Å². The van der Waals surface area contributed by atoms with Gasteiger partial charge in [-0.25, -0.2) is 9.97 Å². The summed E-state index contributed by atoms with van der Waals surface area (Å²) in [4.78, 5) is 9.21. The highest BCUT2D eigenvalue weighted by Gasteiger charge is 2.20. The van der Waals surface area contributed by atoms with E-state index in [-0.39, 0.29) is 0 Å². The molecule has 0 amide bonds. The van der Waals surface area contributed by atoms with Crippen molar-refractivity contribution in [3.8, 4) is 0 Å². The molecule has 1 heterocycles. The van der Waals surface area contributed by atoms with Crippen molar-refractivity contribution in [2.45, 2.75) is 51.4 Å². The lowest BCUT2D eigenvalue weighted by molar-refractivity contribution is 0.670. The van der Waals surface area contributed by atoms with E-state index in [0.29, 0.717) is 11.8 Å². The highest BCUT2D eigenvalue weighted by molar-refractivity contribution is 5.36. The van der Waals surface area contributed by atoms with E-state index in [9.17, 15) is 0 Å². The average molecular weight is 219 g/mol. The van der Waals surface area contributed by atoms with Gasteiger partial charge in [-0.3, -0.25) is 0 Å². The molecule has 0 atom stereocenters. The van der Waals surface area contributed by atoms with Gasteiger partial charge >= 0.3 is 0 Å². The number of hydrogen-bond acceptors (Lipinski definition) is 3. The fraction of sp³-hybridized carbons (Fsp3) is 0.692. The third-order valence-corrected chi connectivity index (χ3v) is 3.31. The van der Waals surface area contributed by atoms with E-state index in [1.165, 1.54) is 31.4 Å². The molecule has 1 aromatic rings. The summed E-state index contributed by atoms with van der Waals surface area (Å²) in [5.41, 5.74) is 1.24. The lowest BCUT2D eigenvalue weighted by atomic mass is 10.0. The Morgan fingerprint density at radius 1 is 1.25 bits per heavy atom. The Morgan fingerprint density at radius 3 is 2.50 bits per heavy atom. The van der Waals surface area contributed by atoms with E-state index in [2.05, 4.69) is 30.2 Å². The molecule has 1 aliphatic carbocycles. The van der Waals surface area contributed by atoms with Gasteiger partial charge in [0.15, 0.2) is 0 Å². The van der Waals surface area contributed by atoms with Gasteiger partial charge in [0.1, 0.15) is 11.6 Å². The van der Waals surface area contributed by atoms with Gasteiger partial charge in [-0.2, -0.15) is 0 Å². The molecular formula is C13H21N3. The van der Waals surface area contributed by atoms with Crippen LogP contribution in [0.2, 0.25) is 0 Å². The third kappa shape index (κ3) is 2.34. The molecule has 0 bridgehead atoms. The lowest BCUT2D eigenvalue weighted by Crippen LogP contribution is -2.07. The Kier molecular flexibility index (Phi) is 3.42. The fourth-order valence-electron chi connectivity index (χ4n) is 2.30. The first-order valence-corrected chi connectivity index (χ1v) is 6.27. The third-order valence-electron chi connectivity index (χ3n) is 3.31. The topological polar surface area (TPSA) is 37.8 Å². The molecule has 0 aliphatic heterocycles. The molecular weight excluding hydrogens is 198 g/mol. The summed E-state index contributed by atoms with van der Waals surface area (Å²) < 4.78 is 0. The van der Waals surface area contributed by atoms with Gasteiger partial charge in [0.25, 0.3) is 0 Å². The fourth-order valence-corrected chi connectivity index (χ4v) is 2.30. The second-order valence-corrected chi connectivity index (χ2v) is 4.92. The van der Waals surface area contributed by atoms with Crippen LogP contribution in [0.1, 0.15) is 62.9 Å². The minimum Gasteiger partial charge on any atom is -0.373 e. The largest absolute Gasteiger partial charge is 0.373 e. The smallest absolute Gasteiger partial charge is 0.133 e. The van der Waals surface area contributed by atoms with Crippen LogP contribution in [0.3, 0.4) is 0 Å². The molecule has 3 heteroatoms. The summed E-state index contributed by atoms with van der Waals surface area (Å²) in [6.45, 7) is 4.29. The van der Waals surface area contributed by atoms with Crippen molar-refractivity contribution in [2.24, 2.45) is 0 Å². The van der Waals surface area contributed by atoms with Gasteiger partial charge in [0, 0.05) is 30.6 Å². The maximum Gasteiger partial charge on any atom is 0.133 e. The molecule has 0 saturated heterocycles. The number of rotatable bonds is 3. The minimum atomic E-state index is 0.397. The summed E-state index contributed by atoms with van der Waals surface area (Å²) in [7, 11) is 1.92. The number of nitrogens with zero attached hydrogens (tertiary/aromatic N) is 2. The average Bonchev–Trinajstić information content (AvgIpc) is 2.81. The highest BCUT2D eigenvalue weighted by atomic mass is 15.0. The summed E-state index contributed by atoms with van der Waals surface area (Å²) in [5.74, 6) is 2.98. The monoisotopic (exact) mass is 219 g/mol. The molecule has 88 valence electrons. The normalized spacial score (nSPS) is 17.0. The van der Waals surface area contributed by atoms with Crippen LogP contribution in [0.5, 0.6) is 0 Å². The highest BCUT2D eigenvalue weighted by Crippen LogP contribution is 2.34. The van der Waals surface area contributed by atoms with E-state index >= 15 is 0 Å². The van der Waals surface area contributed by atoms with Crippen molar-refractivity contribution in [1.29, 1.82) is 0 Å². The predicted molar refractivity (Wildman–Crippen MR) is 66.9 cm³/mol. The van der Waals surface area contributed by atoms with Crippen LogP contribution in [-0.2, 0) is 0 Å². The number of aromatic nitrogens is 2. The second-order valence-electron chi connectivity index (χ2n) is 4.92. The summed E-state index contributed by atoms with van der Waals surface area (Å²) in [6, 6.07) is 2.11. The van der Waals surface area contributed by atoms with Crippen LogP contribution in [0, 0.1) is 0 Å². The Morgan fingerprint density at radius 2 is 1.94 bits per heavy atom. The maximum atomic E-state index is 4.71. The molecule has 0 radical (unpaired) electrons. The van der Waals surface area contributed by atoms with Crippen LogP contribution < -0.4 is 5.32 Å². The number of nitrogens with one attached hydrogen (secondary N) is 1. The van der Waals surface area contributed by atoms with E-state index in [1.54, 1.807) is 0 Å². The first-order chi connectivity index (χ1) is 7.70. The molecule has 0 aromatic carbocycles. The van der Waals surface area contributed by atoms with Crippen molar-refractivity contribution in [2.75, 3.05) is 12.4 Å². The zero-order chi connectivity index (χ0) is 11.5. The quantitative estimate of drug-likeness (QED) is 0.847. The van der Waals surface area contributed by atoms with Crippen LogP contribution in [0.25, 0.3) is 0 Å². The second kappa shape index (κ2) is 4.81. The van der Waals surface area contributed by atoms with Crippen LogP contribution in [0.15, 0.2) is 6.07 Å². The summed E-state index contributed by atoms with van der Waals surface area (Å²) >= 11 is 0. The van der Waals surface area contributed by atoms with Crippen molar-refractivity contribution in [3.63, 3.8) is 0 Å². The standard InChI is InChI=1S/C13H21N3/c1-9(2)13-15-11(8-12(14-3)16-13)10-6-4-5-7-10/h8-10H,4-7H2,1-3H3,(H,14,15,16). The Balaban J connectivity index is 2.32. The zero-order valence-electron chi connectivity index (χ0n) is 10.5. The number of hydrogen-bond donors (Lipinski definition) is 1. The maximum absolute atomic E-state index is 4.71. The molecule has 1 aliphatic rings. The van der Waals surface area contributed by atoms with Crippen LogP contribution in [-0.4, -0.2) is 17.0 Å². The van der Waals surface area contributed by atoms with Crippen molar-refractivity contribution in [1.82, 2.24) is 9.97 Å². The van der Waals surface area contributed by atoms with E-state index < -0.39 is 0 Å². The summed E-state index contributed by atoms with van der Waals surface area (Å²) in [5, 5.41) is 3.13. The molecule has 16 heavy (non-hydrogen) atoms. The first-order valence-electron chi connectivity index (χ1n) is 6.27. The van der Waals surface area contributed by atoms with Gasteiger partial charge in [-0.15, -0.1) is 0 Å². The number of anilines is 1. The van der Waals surface area contributed by atoms with Gasteiger partial charge in [0.2, 0.25) is 0 Å². The Labute approximate surface area is 97.7 Å². The van der Waals surface area contributed by atoms with Gasteiger partial charge in [0.05, 0.1) is 0 Å². The van der Waals surface area contributed by atoms with Gasteiger partial charge in [-0.05, 0) is 12.8 Å². The minimum absolute atomic E-state index is 0.397. The van der Waals surface area contributed by atoms with Crippen LogP contribution in [0.4, 0.5) is 5.82 Å². The van der Waals surface area contributed by atoms with Crippen molar-refractivity contribution < 1.29 is 0 Å². The van der Waals surface area contributed by atoms with E-state index in [0.717, 1.165) is 11.6 Å². The van der Waals surface area contributed by atoms with Gasteiger partial charge in [-0.1, -0.05) is 26.7 Å². The van der Waals surface area contributed by atoms with Crippen molar-refractivity contribution in [3.05, 3.63) is 17.6 Å². The molecule has 1 N–H and O–H groups in total. The Bertz CT molecular complexity index is 354. The molecule has 0 spiro atoms. The van der Waals surface area contributed by atoms with E-state index in [1.807, 2.05) is 7.05 Å². The first kappa shape index (κ1) is 11.4. The zero-order valence-corrected chi connectivity index (χ0v) is 10.5. The molecule has 1 aromatic heterocycles. The van der Waals surface area contributed by atoms with Gasteiger partial charge < -0.3 is 5.32 Å². The lowest BCUT2D eigenvalue weighted by Gasteiger charge is -2.13. The molecule has 1 fully saturated rings. The summed E-state index contributed by atoms with van der Waals surface area (Å²) in [6.07, 6.45) is 5.27.